The Hall–Kier alpha value is -5.18. The molecule has 0 fully saturated rings. The quantitative estimate of drug-likeness (QED) is 0.342. The van der Waals surface area contributed by atoms with E-state index in [0.717, 1.165) is 18.7 Å². The Kier molecular flexibility index (Phi) is 8.31. The fraction of sp³-hybridized carbons (Fsp3) is 0.235. The van der Waals surface area contributed by atoms with E-state index in [1.807, 2.05) is 48.5 Å². The van der Waals surface area contributed by atoms with Crippen LogP contribution in [0.4, 0.5) is 11.4 Å². The number of hydrogen-bond donors (Lipinski definition) is 2. The van der Waals surface area contributed by atoms with Crippen molar-refractivity contribution in [1.29, 1.82) is 0 Å². The molecule has 4 aromatic rings. The molecular formula is C34H32N2O7. The van der Waals surface area contributed by atoms with Crippen LogP contribution in [0.15, 0.2) is 97.1 Å². The molecule has 2 atom stereocenters. The molecule has 0 saturated heterocycles. The normalized spacial score (nSPS) is 18.4. The van der Waals surface area contributed by atoms with Crippen LogP contribution >= 0.6 is 0 Å². The zero-order valence-corrected chi connectivity index (χ0v) is 23.5. The standard InChI is InChI=1S/C17H15NO3.C9H8O4.C8H9N/c19-17(18-10-9-12-5-1-2-6-13(12)18)16-11-20-14-7-3-4-8-15(14)21-16;10-9(11)8-5-12-6-3-1-2-4-7(6)13-8;1-2-4-8-7(3-1)5-6-9-8/h1-8,16H,9-11H2;1-4,8H,5H2,(H,10,11);1-4,9H,5-6H2. The summed E-state index contributed by atoms with van der Waals surface area (Å²) < 4.78 is 21.8. The molecule has 4 aliphatic rings. The fourth-order valence-corrected chi connectivity index (χ4v) is 5.27. The number of para-hydroxylation sites is 6. The molecule has 8 rings (SSSR count). The maximum atomic E-state index is 12.7. The average molecular weight is 581 g/mol. The zero-order valence-electron chi connectivity index (χ0n) is 23.5. The summed E-state index contributed by atoms with van der Waals surface area (Å²) in [5, 5.41) is 12.0. The van der Waals surface area contributed by atoms with Crippen LogP contribution in [0.2, 0.25) is 0 Å². The van der Waals surface area contributed by atoms with E-state index in [9.17, 15) is 9.59 Å². The van der Waals surface area contributed by atoms with Gasteiger partial charge in [-0.05, 0) is 60.4 Å². The Morgan fingerprint density at radius 2 is 1.23 bits per heavy atom. The Morgan fingerprint density at radius 1 is 0.674 bits per heavy atom. The molecule has 2 unspecified atom stereocenters. The van der Waals surface area contributed by atoms with E-state index in [1.165, 1.54) is 23.2 Å². The summed E-state index contributed by atoms with van der Waals surface area (Å²) in [5.41, 5.74) is 4.97. The number of carbonyl (C=O) groups excluding carboxylic acids is 1. The van der Waals surface area contributed by atoms with E-state index in [-0.39, 0.29) is 19.1 Å². The highest BCUT2D eigenvalue weighted by Gasteiger charge is 2.34. The lowest BCUT2D eigenvalue weighted by Crippen LogP contribution is -2.46. The van der Waals surface area contributed by atoms with E-state index in [0.29, 0.717) is 29.5 Å². The SMILES string of the molecule is O=C(C1COc2ccccc2O1)N1CCc2ccccc21.O=C(O)C1COc2ccccc2O1.c1ccc2c(c1)CCN2. The van der Waals surface area contributed by atoms with Gasteiger partial charge in [-0.2, -0.15) is 0 Å². The van der Waals surface area contributed by atoms with Crippen molar-refractivity contribution < 1.29 is 33.6 Å². The van der Waals surface area contributed by atoms with Crippen molar-refractivity contribution in [3.63, 3.8) is 0 Å². The molecule has 0 bridgehead atoms. The largest absolute Gasteiger partial charge is 0.485 e. The summed E-state index contributed by atoms with van der Waals surface area (Å²) >= 11 is 0. The van der Waals surface area contributed by atoms with Gasteiger partial charge < -0.3 is 34.3 Å². The van der Waals surface area contributed by atoms with Gasteiger partial charge in [0.25, 0.3) is 5.91 Å². The molecule has 0 radical (unpaired) electrons. The fourth-order valence-electron chi connectivity index (χ4n) is 5.27. The molecule has 1 amide bonds. The van der Waals surface area contributed by atoms with Crippen LogP contribution in [-0.4, -0.2) is 55.5 Å². The lowest BCUT2D eigenvalue weighted by Gasteiger charge is -2.29. The third-order valence-corrected chi connectivity index (χ3v) is 7.45. The third-order valence-electron chi connectivity index (χ3n) is 7.45. The number of benzene rings is 4. The van der Waals surface area contributed by atoms with Crippen molar-refractivity contribution in [2.75, 3.05) is 36.5 Å². The van der Waals surface area contributed by atoms with Crippen LogP contribution in [-0.2, 0) is 22.4 Å². The Morgan fingerprint density at radius 3 is 1.91 bits per heavy atom. The van der Waals surface area contributed by atoms with Crippen molar-refractivity contribution in [3.8, 4) is 23.0 Å². The van der Waals surface area contributed by atoms with Gasteiger partial charge in [-0.3, -0.25) is 4.79 Å². The van der Waals surface area contributed by atoms with E-state index in [1.54, 1.807) is 23.1 Å². The summed E-state index contributed by atoms with van der Waals surface area (Å²) in [6.45, 7) is 2.14. The molecule has 0 spiro atoms. The van der Waals surface area contributed by atoms with Crippen molar-refractivity contribution in [2.24, 2.45) is 0 Å². The first kappa shape index (κ1) is 28.0. The van der Waals surface area contributed by atoms with Crippen molar-refractivity contribution in [3.05, 3.63) is 108 Å². The number of carboxylic acid groups (broad SMARTS) is 1. The lowest BCUT2D eigenvalue weighted by atomic mass is 10.2. The number of anilines is 2. The van der Waals surface area contributed by atoms with Crippen LogP contribution in [0.5, 0.6) is 23.0 Å². The molecule has 43 heavy (non-hydrogen) atoms. The second-order valence-corrected chi connectivity index (χ2v) is 10.3. The first-order valence-corrected chi connectivity index (χ1v) is 14.3. The van der Waals surface area contributed by atoms with Crippen molar-refractivity contribution in [2.45, 2.75) is 25.0 Å². The van der Waals surface area contributed by atoms with Crippen LogP contribution in [0.25, 0.3) is 0 Å². The van der Waals surface area contributed by atoms with E-state index in [4.69, 9.17) is 24.1 Å². The minimum atomic E-state index is -1.01. The number of nitrogens with one attached hydrogen (secondary N) is 1. The second-order valence-electron chi connectivity index (χ2n) is 10.3. The van der Waals surface area contributed by atoms with E-state index >= 15 is 0 Å². The number of carbonyl (C=O) groups is 2. The van der Waals surface area contributed by atoms with Gasteiger partial charge in [0.2, 0.25) is 12.2 Å². The molecule has 220 valence electrons. The molecule has 0 aromatic heterocycles. The summed E-state index contributed by atoms with van der Waals surface area (Å²) in [4.78, 5) is 25.1. The monoisotopic (exact) mass is 580 g/mol. The molecule has 4 heterocycles. The van der Waals surface area contributed by atoms with Gasteiger partial charge in [-0.15, -0.1) is 0 Å². The molecular weight excluding hydrogens is 548 g/mol. The molecule has 0 saturated carbocycles. The van der Waals surface area contributed by atoms with Crippen LogP contribution in [0.1, 0.15) is 11.1 Å². The van der Waals surface area contributed by atoms with E-state index in [2.05, 4.69) is 35.6 Å². The zero-order chi connectivity index (χ0) is 29.6. The number of rotatable bonds is 2. The van der Waals surface area contributed by atoms with Gasteiger partial charge in [0.05, 0.1) is 0 Å². The molecule has 4 aliphatic heterocycles. The van der Waals surface area contributed by atoms with E-state index < -0.39 is 18.2 Å². The maximum absolute atomic E-state index is 12.7. The summed E-state index contributed by atoms with van der Waals surface area (Å²) in [6.07, 6.45) is 0.614. The van der Waals surface area contributed by atoms with Gasteiger partial charge in [0, 0.05) is 24.5 Å². The van der Waals surface area contributed by atoms with Crippen LogP contribution in [0, 0.1) is 0 Å². The molecule has 2 N–H and O–H groups in total. The minimum Gasteiger partial charge on any atom is -0.485 e. The van der Waals surface area contributed by atoms with Crippen LogP contribution in [0.3, 0.4) is 0 Å². The average Bonchev–Trinajstić information content (AvgIpc) is 3.72. The summed E-state index contributed by atoms with van der Waals surface area (Å²) in [5.74, 6) is 1.38. The minimum absolute atomic E-state index is 0.0329. The highest BCUT2D eigenvalue weighted by Crippen LogP contribution is 2.34. The molecule has 4 aromatic carbocycles. The van der Waals surface area contributed by atoms with Crippen molar-refractivity contribution >= 4 is 23.3 Å². The third kappa shape index (κ3) is 6.35. The van der Waals surface area contributed by atoms with Gasteiger partial charge in [0.1, 0.15) is 13.2 Å². The predicted molar refractivity (Wildman–Crippen MR) is 161 cm³/mol. The number of fused-ring (bicyclic) bond motifs is 4. The summed E-state index contributed by atoms with van der Waals surface area (Å²) in [7, 11) is 0. The first-order chi connectivity index (χ1) is 21.1. The second kappa shape index (κ2) is 12.8. The van der Waals surface area contributed by atoms with Gasteiger partial charge in [-0.1, -0.05) is 60.7 Å². The molecule has 9 nitrogen and oxygen atoms in total. The van der Waals surface area contributed by atoms with Crippen molar-refractivity contribution in [1.82, 2.24) is 0 Å². The number of nitrogens with zero attached hydrogens (tertiary/aromatic N) is 1. The Bertz CT molecular complexity index is 1580. The van der Waals surface area contributed by atoms with Gasteiger partial charge in [-0.25, -0.2) is 4.79 Å². The highest BCUT2D eigenvalue weighted by molar-refractivity contribution is 5.98. The summed E-state index contributed by atoms with van der Waals surface area (Å²) in [6, 6.07) is 30.9. The lowest BCUT2D eigenvalue weighted by molar-refractivity contribution is -0.147. The Labute approximate surface area is 249 Å². The first-order valence-electron chi connectivity index (χ1n) is 14.3. The number of carboxylic acids is 1. The van der Waals surface area contributed by atoms with Crippen LogP contribution < -0.4 is 29.2 Å². The topological polar surface area (TPSA) is 107 Å². The van der Waals surface area contributed by atoms with Gasteiger partial charge >= 0.3 is 5.97 Å². The number of amides is 1. The number of hydrogen-bond acceptors (Lipinski definition) is 7. The maximum Gasteiger partial charge on any atom is 0.348 e. The highest BCUT2D eigenvalue weighted by atomic mass is 16.6. The molecule has 0 aliphatic carbocycles. The predicted octanol–water partition coefficient (Wildman–Crippen LogP) is 4.98. The Balaban J connectivity index is 0.000000127. The number of aliphatic carboxylic acids is 1. The molecule has 9 heteroatoms. The van der Waals surface area contributed by atoms with Gasteiger partial charge in [0.15, 0.2) is 23.0 Å². The number of ether oxygens (including phenoxy) is 4. The smallest absolute Gasteiger partial charge is 0.348 e.